The first kappa shape index (κ1) is 21.2. The topological polar surface area (TPSA) is 66.8 Å². The van der Waals surface area contributed by atoms with Crippen molar-refractivity contribution in [3.63, 3.8) is 0 Å². The van der Waals surface area contributed by atoms with Gasteiger partial charge in [0.2, 0.25) is 0 Å². The first-order chi connectivity index (χ1) is 13.5. The van der Waals surface area contributed by atoms with Crippen molar-refractivity contribution in [2.75, 3.05) is 6.61 Å². The minimum absolute atomic E-state index is 0.199. The maximum absolute atomic E-state index is 10.9. The fourth-order valence-corrected chi connectivity index (χ4v) is 5.44. The molecule has 0 saturated heterocycles. The Morgan fingerprint density at radius 2 is 2.07 bits per heavy atom. The summed E-state index contributed by atoms with van der Waals surface area (Å²) in [6.45, 7) is 4.31. The van der Waals surface area contributed by atoms with E-state index in [1.807, 2.05) is 12.1 Å². The van der Waals surface area contributed by atoms with Crippen LogP contribution in [0.25, 0.3) is 0 Å². The Balaban J connectivity index is 1.62. The fraction of sp³-hybridized carbons (Fsp3) is 0.708. The lowest BCUT2D eigenvalue weighted by molar-refractivity contribution is -0.139. The fourth-order valence-electron chi connectivity index (χ4n) is 5.44. The van der Waals surface area contributed by atoms with Crippen LogP contribution in [-0.4, -0.2) is 28.9 Å². The van der Waals surface area contributed by atoms with E-state index < -0.39 is 5.97 Å². The Kier molecular flexibility index (Phi) is 7.39. The van der Waals surface area contributed by atoms with Crippen LogP contribution >= 0.6 is 0 Å². The summed E-state index contributed by atoms with van der Waals surface area (Å²) < 4.78 is 5.53. The minimum atomic E-state index is -0.948. The predicted octanol–water partition coefficient (Wildman–Crippen LogP) is 4.86. The van der Waals surface area contributed by atoms with Crippen LogP contribution in [0.1, 0.15) is 69.9 Å². The molecule has 0 radical (unpaired) electrons. The third kappa shape index (κ3) is 5.08. The highest BCUT2D eigenvalue weighted by Crippen LogP contribution is 2.48. The second-order valence-corrected chi connectivity index (χ2v) is 9.05. The molecule has 0 bridgehead atoms. The summed E-state index contributed by atoms with van der Waals surface area (Å²) in [6.07, 6.45) is 10.1. The maximum atomic E-state index is 10.9. The van der Waals surface area contributed by atoms with Crippen LogP contribution in [0.2, 0.25) is 0 Å². The molecule has 2 aliphatic carbocycles. The molecule has 28 heavy (non-hydrogen) atoms. The number of fused-ring (bicyclic) bond motifs is 2. The molecule has 4 nitrogen and oxygen atoms in total. The van der Waals surface area contributed by atoms with Gasteiger partial charge >= 0.3 is 5.97 Å². The molecule has 4 heteroatoms. The van der Waals surface area contributed by atoms with Gasteiger partial charge in [-0.2, -0.15) is 0 Å². The summed E-state index contributed by atoms with van der Waals surface area (Å²) in [6, 6.07) is 5.99. The van der Waals surface area contributed by atoms with Gasteiger partial charge in [-0.3, -0.25) is 0 Å². The molecule has 0 spiro atoms. The average Bonchev–Trinajstić information content (AvgIpc) is 2.97. The van der Waals surface area contributed by atoms with Crippen molar-refractivity contribution in [1.29, 1.82) is 0 Å². The van der Waals surface area contributed by atoms with Gasteiger partial charge in [-0.25, -0.2) is 4.79 Å². The molecule has 5 atom stereocenters. The molecule has 3 rings (SSSR count). The molecule has 4 unspecified atom stereocenters. The Labute approximate surface area is 169 Å². The summed E-state index contributed by atoms with van der Waals surface area (Å²) in [5.74, 6) is 1.93. The molecule has 2 aliphatic rings. The highest BCUT2D eigenvalue weighted by molar-refractivity contribution is 5.68. The van der Waals surface area contributed by atoms with E-state index in [4.69, 9.17) is 9.84 Å². The van der Waals surface area contributed by atoms with Crippen molar-refractivity contribution < 1.29 is 19.7 Å². The van der Waals surface area contributed by atoms with E-state index in [2.05, 4.69) is 19.9 Å². The van der Waals surface area contributed by atoms with Crippen LogP contribution in [0.5, 0.6) is 5.75 Å². The summed E-state index contributed by atoms with van der Waals surface area (Å²) in [5, 5.41) is 19.7. The first-order valence-electron chi connectivity index (χ1n) is 11.1. The second kappa shape index (κ2) is 9.78. The molecule has 1 aromatic rings. The molecule has 1 saturated carbocycles. The average molecular weight is 389 g/mol. The van der Waals surface area contributed by atoms with Gasteiger partial charge in [-0.1, -0.05) is 58.1 Å². The summed E-state index contributed by atoms with van der Waals surface area (Å²) in [4.78, 5) is 10.9. The highest BCUT2D eigenvalue weighted by atomic mass is 16.5. The number of aliphatic hydroxyl groups is 1. The quantitative estimate of drug-likeness (QED) is 0.562. The monoisotopic (exact) mass is 388 g/mol. The molecule has 2 N–H and O–H groups in total. The molecule has 0 aromatic heterocycles. The molecule has 0 heterocycles. The molecular formula is C24H36O4. The number of benzene rings is 1. The van der Waals surface area contributed by atoms with E-state index in [1.54, 1.807) is 0 Å². The van der Waals surface area contributed by atoms with Gasteiger partial charge in [0.1, 0.15) is 5.75 Å². The van der Waals surface area contributed by atoms with E-state index in [0.29, 0.717) is 23.5 Å². The Bertz CT molecular complexity index is 656. The van der Waals surface area contributed by atoms with E-state index in [9.17, 15) is 9.90 Å². The van der Waals surface area contributed by atoms with Crippen LogP contribution in [0.4, 0.5) is 0 Å². The third-order valence-corrected chi connectivity index (χ3v) is 6.99. The Morgan fingerprint density at radius 3 is 2.82 bits per heavy atom. The summed E-state index contributed by atoms with van der Waals surface area (Å²) in [7, 11) is 0. The SMILES string of the molecule is CCCCCC(C)CCC1C2Cc3cccc(OCC(=O)O)c3CC2C[C@H]1O. The van der Waals surface area contributed by atoms with Gasteiger partial charge in [-0.05, 0) is 66.5 Å². The largest absolute Gasteiger partial charge is 0.482 e. The van der Waals surface area contributed by atoms with Crippen molar-refractivity contribution in [2.24, 2.45) is 23.7 Å². The maximum Gasteiger partial charge on any atom is 0.341 e. The molecule has 0 aliphatic heterocycles. The molecule has 1 aromatic carbocycles. The van der Waals surface area contributed by atoms with E-state index in [0.717, 1.165) is 37.2 Å². The number of hydrogen-bond donors (Lipinski definition) is 2. The highest BCUT2D eigenvalue weighted by Gasteiger charge is 2.44. The number of ether oxygens (including phenoxy) is 1. The number of aliphatic carboxylic acids is 1. The lowest BCUT2D eigenvalue weighted by atomic mass is 9.73. The van der Waals surface area contributed by atoms with E-state index >= 15 is 0 Å². The standard InChI is InChI=1S/C24H36O4/c1-3-4-5-7-16(2)10-11-19-20-12-17-8-6-9-23(28-15-24(26)27)21(17)13-18(20)14-22(19)25/h6,8-9,16,18-20,22,25H,3-5,7,10-15H2,1-2H3,(H,26,27)/t16?,18?,19?,20?,22-/m1/s1. The number of rotatable bonds is 10. The van der Waals surface area contributed by atoms with Gasteiger partial charge in [0.25, 0.3) is 0 Å². The molecular weight excluding hydrogens is 352 g/mol. The van der Waals surface area contributed by atoms with Gasteiger partial charge in [0, 0.05) is 0 Å². The van der Waals surface area contributed by atoms with Gasteiger partial charge in [0.15, 0.2) is 6.61 Å². The number of hydrogen-bond acceptors (Lipinski definition) is 3. The van der Waals surface area contributed by atoms with Crippen molar-refractivity contribution in [2.45, 2.75) is 77.7 Å². The normalized spacial score (nSPS) is 27.1. The van der Waals surface area contributed by atoms with Gasteiger partial charge in [-0.15, -0.1) is 0 Å². The number of carboxylic acid groups (broad SMARTS) is 1. The van der Waals surface area contributed by atoms with Crippen LogP contribution in [-0.2, 0) is 17.6 Å². The van der Waals surface area contributed by atoms with Crippen molar-refractivity contribution in [3.05, 3.63) is 29.3 Å². The zero-order valence-electron chi connectivity index (χ0n) is 17.4. The summed E-state index contributed by atoms with van der Waals surface area (Å²) in [5.41, 5.74) is 2.44. The molecule has 1 fully saturated rings. The number of carboxylic acids is 1. The smallest absolute Gasteiger partial charge is 0.341 e. The lowest BCUT2D eigenvalue weighted by Crippen LogP contribution is -2.27. The van der Waals surface area contributed by atoms with Crippen LogP contribution in [0.15, 0.2) is 18.2 Å². The molecule has 156 valence electrons. The first-order valence-corrected chi connectivity index (χ1v) is 11.1. The third-order valence-electron chi connectivity index (χ3n) is 6.99. The van der Waals surface area contributed by atoms with Gasteiger partial charge < -0.3 is 14.9 Å². The molecule has 0 amide bonds. The Hall–Kier alpha value is -1.55. The van der Waals surface area contributed by atoms with E-state index in [-0.39, 0.29) is 12.7 Å². The van der Waals surface area contributed by atoms with E-state index in [1.165, 1.54) is 37.7 Å². The second-order valence-electron chi connectivity index (χ2n) is 9.05. The Morgan fingerprint density at radius 1 is 1.25 bits per heavy atom. The summed E-state index contributed by atoms with van der Waals surface area (Å²) >= 11 is 0. The van der Waals surface area contributed by atoms with Crippen LogP contribution < -0.4 is 4.74 Å². The number of carbonyl (C=O) groups is 1. The zero-order valence-corrected chi connectivity index (χ0v) is 17.4. The predicted molar refractivity (Wildman–Crippen MR) is 111 cm³/mol. The number of aliphatic hydroxyl groups excluding tert-OH is 1. The lowest BCUT2D eigenvalue weighted by Gasteiger charge is -2.32. The van der Waals surface area contributed by atoms with Crippen LogP contribution in [0, 0.1) is 23.7 Å². The van der Waals surface area contributed by atoms with Gasteiger partial charge in [0.05, 0.1) is 6.10 Å². The van der Waals surface area contributed by atoms with Crippen LogP contribution in [0.3, 0.4) is 0 Å². The van der Waals surface area contributed by atoms with Crippen molar-refractivity contribution in [1.82, 2.24) is 0 Å². The zero-order chi connectivity index (χ0) is 20.1. The van der Waals surface area contributed by atoms with Crippen molar-refractivity contribution in [3.8, 4) is 5.75 Å². The van der Waals surface area contributed by atoms with Crippen molar-refractivity contribution >= 4 is 5.97 Å². The number of unbranched alkanes of at least 4 members (excludes halogenated alkanes) is 2. The minimum Gasteiger partial charge on any atom is -0.482 e.